The van der Waals surface area contributed by atoms with E-state index in [2.05, 4.69) is 53.8 Å². The molecule has 1 unspecified atom stereocenters. The molecule has 1 atom stereocenters. The summed E-state index contributed by atoms with van der Waals surface area (Å²) in [6.07, 6.45) is 0.790. The standard InChI is InChI=1S/C16H26BrFN2/c1-6-20(7-2)16(3,4)14(19-5)11-12-9-8-10-13(18)15(12)17/h8-10,14,19H,6-7,11H2,1-5H3. The van der Waals surface area contributed by atoms with Gasteiger partial charge in [0.1, 0.15) is 5.82 Å². The zero-order chi connectivity index (χ0) is 15.3. The Kier molecular flexibility index (Phi) is 6.62. The van der Waals surface area contributed by atoms with Crippen molar-refractivity contribution in [1.82, 2.24) is 10.2 Å². The van der Waals surface area contributed by atoms with Crippen molar-refractivity contribution in [2.75, 3.05) is 20.1 Å². The lowest BCUT2D eigenvalue weighted by atomic mass is 9.87. The summed E-state index contributed by atoms with van der Waals surface area (Å²) in [6.45, 7) is 10.9. The quantitative estimate of drug-likeness (QED) is 0.808. The molecule has 0 radical (unpaired) electrons. The molecule has 1 aromatic carbocycles. The van der Waals surface area contributed by atoms with Gasteiger partial charge in [-0.15, -0.1) is 0 Å². The van der Waals surface area contributed by atoms with E-state index in [-0.39, 0.29) is 17.4 Å². The lowest BCUT2D eigenvalue weighted by Gasteiger charge is -2.43. The molecule has 0 amide bonds. The summed E-state index contributed by atoms with van der Waals surface area (Å²) in [5.41, 5.74) is 1.01. The largest absolute Gasteiger partial charge is 0.315 e. The average Bonchev–Trinajstić information content (AvgIpc) is 2.41. The highest BCUT2D eigenvalue weighted by molar-refractivity contribution is 9.10. The van der Waals surface area contributed by atoms with Crippen LogP contribution in [-0.4, -0.2) is 36.6 Å². The monoisotopic (exact) mass is 344 g/mol. The normalized spacial score (nSPS) is 13.8. The number of hydrogen-bond acceptors (Lipinski definition) is 2. The SMILES string of the molecule is CCN(CC)C(C)(C)C(Cc1cccc(F)c1Br)NC. The smallest absolute Gasteiger partial charge is 0.137 e. The van der Waals surface area contributed by atoms with E-state index in [0.717, 1.165) is 25.1 Å². The van der Waals surface area contributed by atoms with Crippen molar-refractivity contribution in [2.45, 2.75) is 45.7 Å². The minimum atomic E-state index is -0.196. The van der Waals surface area contributed by atoms with Crippen molar-refractivity contribution >= 4 is 15.9 Å². The fraction of sp³-hybridized carbons (Fsp3) is 0.625. The molecule has 0 fully saturated rings. The fourth-order valence-electron chi connectivity index (χ4n) is 2.89. The molecule has 4 heteroatoms. The highest BCUT2D eigenvalue weighted by Crippen LogP contribution is 2.26. The van der Waals surface area contributed by atoms with Gasteiger partial charge in [-0.25, -0.2) is 4.39 Å². The number of benzene rings is 1. The van der Waals surface area contributed by atoms with Crippen LogP contribution in [0.3, 0.4) is 0 Å². The van der Waals surface area contributed by atoms with Crippen LogP contribution in [0.15, 0.2) is 22.7 Å². The molecule has 0 bridgehead atoms. The fourth-order valence-corrected chi connectivity index (χ4v) is 3.32. The van der Waals surface area contributed by atoms with Crippen LogP contribution in [0.25, 0.3) is 0 Å². The highest BCUT2D eigenvalue weighted by atomic mass is 79.9. The Bertz CT molecular complexity index is 430. The molecule has 0 heterocycles. The van der Waals surface area contributed by atoms with E-state index >= 15 is 0 Å². The minimum absolute atomic E-state index is 0.00398. The maximum atomic E-state index is 13.6. The van der Waals surface area contributed by atoms with Gasteiger partial charge in [-0.2, -0.15) is 0 Å². The summed E-state index contributed by atoms with van der Waals surface area (Å²) in [7, 11) is 1.98. The third-order valence-corrected chi connectivity index (χ3v) is 5.12. The van der Waals surface area contributed by atoms with Crippen LogP contribution >= 0.6 is 15.9 Å². The van der Waals surface area contributed by atoms with Crippen LogP contribution in [-0.2, 0) is 6.42 Å². The van der Waals surface area contributed by atoms with Gasteiger partial charge in [0.25, 0.3) is 0 Å². The summed E-state index contributed by atoms with van der Waals surface area (Å²) in [4.78, 5) is 2.43. The molecule has 0 aromatic heterocycles. The summed E-state index contributed by atoms with van der Waals surface area (Å²) < 4.78 is 14.2. The van der Waals surface area contributed by atoms with Gasteiger partial charge < -0.3 is 5.32 Å². The number of halogens is 2. The van der Waals surface area contributed by atoms with E-state index in [1.807, 2.05) is 13.1 Å². The Hall–Kier alpha value is -0.450. The van der Waals surface area contributed by atoms with E-state index in [1.165, 1.54) is 6.07 Å². The lowest BCUT2D eigenvalue weighted by Crippen LogP contribution is -2.57. The molecular formula is C16H26BrFN2. The van der Waals surface area contributed by atoms with Gasteiger partial charge in [-0.3, -0.25) is 4.90 Å². The van der Waals surface area contributed by atoms with Gasteiger partial charge in [0.05, 0.1) is 4.47 Å². The van der Waals surface area contributed by atoms with Gasteiger partial charge in [0.15, 0.2) is 0 Å². The lowest BCUT2D eigenvalue weighted by molar-refractivity contribution is 0.0943. The third kappa shape index (κ3) is 3.80. The van der Waals surface area contributed by atoms with Crippen LogP contribution in [0, 0.1) is 5.82 Å². The van der Waals surface area contributed by atoms with E-state index in [4.69, 9.17) is 0 Å². The van der Waals surface area contributed by atoms with Crippen LogP contribution in [0.2, 0.25) is 0 Å². The molecule has 1 rings (SSSR count). The van der Waals surface area contributed by atoms with Gasteiger partial charge >= 0.3 is 0 Å². The molecule has 20 heavy (non-hydrogen) atoms. The number of nitrogens with zero attached hydrogens (tertiary/aromatic N) is 1. The number of nitrogens with one attached hydrogen (secondary N) is 1. The molecule has 1 N–H and O–H groups in total. The molecule has 0 saturated heterocycles. The van der Waals surface area contributed by atoms with Crippen molar-refractivity contribution in [2.24, 2.45) is 0 Å². The molecule has 0 aliphatic heterocycles. The van der Waals surface area contributed by atoms with Crippen LogP contribution in [0.1, 0.15) is 33.3 Å². The van der Waals surface area contributed by atoms with Gasteiger partial charge in [-0.05, 0) is 68.0 Å². The first kappa shape index (κ1) is 17.6. The zero-order valence-corrected chi connectivity index (χ0v) is 14.7. The van der Waals surface area contributed by atoms with E-state index in [1.54, 1.807) is 6.07 Å². The van der Waals surface area contributed by atoms with Gasteiger partial charge in [0.2, 0.25) is 0 Å². The maximum Gasteiger partial charge on any atom is 0.137 e. The van der Waals surface area contributed by atoms with E-state index < -0.39 is 0 Å². The van der Waals surface area contributed by atoms with E-state index in [9.17, 15) is 4.39 Å². The second-order valence-electron chi connectivity index (χ2n) is 5.58. The summed E-state index contributed by atoms with van der Waals surface area (Å²) in [5.74, 6) is -0.196. The Morgan fingerprint density at radius 2 is 1.90 bits per heavy atom. The predicted molar refractivity (Wildman–Crippen MR) is 87.7 cm³/mol. The Morgan fingerprint density at radius 3 is 2.40 bits per heavy atom. The van der Waals surface area contributed by atoms with Crippen molar-refractivity contribution < 1.29 is 4.39 Å². The Morgan fingerprint density at radius 1 is 1.30 bits per heavy atom. The average molecular weight is 345 g/mol. The molecule has 2 nitrogen and oxygen atoms in total. The summed E-state index contributed by atoms with van der Waals surface area (Å²) in [5, 5.41) is 3.40. The van der Waals surface area contributed by atoms with Crippen LogP contribution in [0.5, 0.6) is 0 Å². The molecular weight excluding hydrogens is 319 g/mol. The molecule has 114 valence electrons. The molecule has 0 saturated carbocycles. The Labute approximate surface area is 130 Å². The topological polar surface area (TPSA) is 15.3 Å². The number of likely N-dealkylation sites (N-methyl/N-ethyl adjacent to an activating group) is 2. The highest BCUT2D eigenvalue weighted by Gasteiger charge is 2.33. The van der Waals surface area contributed by atoms with E-state index in [0.29, 0.717) is 4.47 Å². The van der Waals surface area contributed by atoms with Crippen molar-refractivity contribution in [3.63, 3.8) is 0 Å². The van der Waals surface area contributed by atoms with Crippen molar-refractivity contribution in [1.29, 1.82) is 0 Å². The maximum absolute atomic E-state index is 13.6. The van der Waals surface area contributed by atoms with Gasteiger partial charge in [0, 0.05) is 11.6 Å². The molecule has 0 aliphatic carbocycles. The summed E-state index contributed by atoms with van der Waals surface area (Å²) >= 11 is 3.36. The molecule has 1 aromatic rings. The number of hydrogen-bond donors (Lipinski definition) is 1. The molecule has 0 aliphatic rings. The Balaban J connectivity index is 2.99. The summed E-state index contributed by atoms with van der Waals surface area (Å²) in [6, 6.07) is 5.49. The zero-order valence-electron chi connectivity index (χ0n) is 13.1. The number of rotatable bonds is 7. The first-order chi connectivity index (χ1) is 9.38. The first-order valence-electron chi connectivity index (χ1n) is 7.23. The second kappa shape index (κ2) is 7.53. The minimum Gasteiger partial charge on any atom is -0.315 e. The van der Waals surface area contributed by atoms with Crippen molar-refractivity contribution in [3.8, 4) is 0 Å². The van der Waals surface area contributed by atoms with Crippen LogP contribution in [0.4, 0.5) is 4.39 Å². The van der Waals surface area contributed by atoms with Gasteiger partial charge in [-0.1, -0.05) is 26.0 Å². The second-order valence-corrected chi connectivity index (χ2v) is 6.38. The third-order valence-electron chi connectivity index (χ3n) is 4.24. The predicted octanol–water partition coefficient (Wildman–Crippen LogP) is 3.84. The van der Waals surface area contributed by atoms with Crippen molar-refractivity contribution in [3.05, 3.63) is 34.1 Å². The first-order valence-corrected chi connectivity index (χ1v) is 8.02. The van der Waals surface area contributed by atoms with Crippen LogP contribution < -0.4 is 5.32 Å². The molecule has 0 spiro atoms.